The van der Waals surface area contributed by atoms with Crippen LogP contribution in [0.2, 0.25) is 0 Å². The molecule has 2 rings (SSSR count). The Morgan fingerprint density at radius 2 is 2.22 bits per heavy atom. The molecule has 0 radical (unpaired) electrons. The summed E-state index contributed by atoms with van der Waals surface area (Å²) in [5.74, 6) is 1.12. The molecule has 0 bridgehead atoms. The minimum Gasteiger partial charge on any atom is -0.356 e. The molecule has 98 valence electrons. The third kappa shape index (κ3) is 3.08. The summed E-state index contributed by atoms with van der Waals surface area (Å²) in [7, 11) is 0.444. The summed E-state index contributed by atoms with van der Waals surface area (Å²) in [5, 5.41) is 1.17. The zero-order chi connectivity index (χ0) is 13.1. The molecule has 0 amide bonds. The Morgan fingerprint density at radius 1 is 1.44 bits per heavy atom. The van der Waals surface area contributed by atoms with Crippen molar-refractivity contribution in [2.75, 3.05) is 24.9 Å². The van der Waals surface area contributed by atoms with Crippen molar-refractivity contribution in [3.8, 4) is 0 Å². The molecular formula is C13H18BrN2OS+. The highest BCUT2D eigenvalue weighted by atomic mass is 79.9. The number of rotatable bonds is 5. The maximum atomic E-state index is 5.71. The minimum atomic E-state index is 0.444. The molecule has 0 aliphatic rings. The summed E-state index contributed by atoms with van der Waals surface area (Å²) in [6.07, 6.45) is 8.38. The van der Waals surface area contributed by atoms with E-state index in [1.807, 2.05) is 12.3 Å². The van der Waals surface area contributed by atoms with Crippen LogP contribution in [0.15, 0.2) is 22.9 Å². The number of aromatic nitrogens is 2. The summed E-state index contributed by atoms with van der Waals surface area (Å²) in [6.45, 7) is 3.48. The largest absolute Gasteiger partial charge is 0.356 e. The van der Waals surface area contributed by atoms with Gasteiger partial charge in [0.1, 0.15) is 18.1 Å². The first-order chi connectivity index (χ1) is 8.59. The van der Waals surface area contributed by atoms with E-state index in [0.717, 1.165) is 22.5 Å². The van der Waals surface area contributed by atoms with Gasteiger partial charge < -0.3 is 9.30 Å². The lowest BCUT2D eigenvalue weighted by atomic mass is 10.2. The summed E-state index contributed by atoms with van der Waals surface area (Å²) in [6, 6.07) is 1.97. The Balaban J connectivity index is 2.12. The summed E-state index contributed by atoms with van der Waals surface area (Å²) < 4.78 is 8.86. The van der Waals surface area contributed by atoms with Gasteiger partial charge in [-0.2, -0.15) is 0 Å². The van der Waals surface area contributed by atoms with Gasteiger partial charge in [-0.15, -0.1) is 0 Å². The van der Waals surface area contributed by atoms with Gasteiger partial charge in [-0.25, -0.2) is 4.98 Å². The van der Waals surface area contributed by atoms with Crippen molar-refractivity contribution in [3.05, 3.63) is 28.5 Å². The summed E-state index contributed by atoms with van der Waals surface area (Å²) in [4.78, 5) is 4.43. The van der Waals surface area contributed by atoms with E-state index in [2.05, 4.69) is 51.1 Å². The Bertz CT molecular complexity index is 539. The Morgan fingerprint density at radius 3 is 2.94 bits per heavy atom. The minimum absolute atomic E-state index is 0.444. The summed E-state index contributed by atoms with van der Waals surface area (Å²) >= 11 is 3.57. The number of hydrogen-bond donors (Lipinski definition) is 0. The third-order valence-electron chi connectivity index (χ3n) is 2.76. The number of pyridine rings is 1. The lowest BCUT2D eigenvalue weighted by Gasteiger charge is -2.05. The van der Waals surface area contributed by atoms with Gasteiger partial charge in [-0.05, 0) is 45.4 Å². The summed E-state index contributed by atoms with van der Waals surface area (Å²) in [5.41, 5.74) is 2.20. The molecule has 3 nitrogen and oxygen atoms in total. The van der Waals surface area contributed by atoms with Crippen LogP contribution >= 0.6 is 15.9 Å². The van der Waals surface area contributed by atoms with Gasteiger partial charge in [-0.1, -0.05) is 0 Å². The van der Waals surface area contributed by atoms with E-state index in [0.29, 0.717) is 17.6 Å². The molecule has 0 fully saturated rings. The van der Waals surface area contributed by atoms with Crippen molar-refractivity contribution in [2.24, 2.45) is 0 Å². The lowest BCUT2D eigenvalue weighted by molar-refractivity contribution is 0.0923. The van der Waals surface area contributed by atoms with Crippen molar-refractivity contribution in [1.29, 1.82) is 0 Å². The number of ether oxygens (including phenoxy) is 1. The van der Waals surface area contributed by atoms with E-state index in [9.17, 15) is 0 Å². The van der Waals surface area contributed by atoms with Gasteiger partial charge in [0.2, 0.25) is 0 Å². The highest BCUT2D eigenvalue weighted by Crippen LogP contribution is 2.26. The zero-order valence-electron chi connectivity index (χ0n) is 10.9. The molecule has 0 atom stereocenters. The zero-order valence-corrected chi connectivity index (χ0v) is 13.3. The van der Waals surface area contributed by atoms with Crippen molar-refractivity contribution >= 4 is 37.9 Å². The van der Waals surface area contributed by atoms with Gasteiger partial charge in [0, 0.05) is 22.3 Å². The molecule has 0 aliphatic carbocycles. The third-order valence-corrected chi connectivity index (χ3v) is 4.41. The van der Waals surface area contributed by atoms with Crippen LogP contribution in [0.3, 0.4) is 0 Å². The number of hydrogen-bond acceptors (Lipinski definition) is 2. The van der Waals surface area contributed by atoms with Crippen molar-refractivity contribution in [3.63, 3.8) is 0 Å². The molecule has 0 N–H and O–H groups in total. The second kappa shape index (κ2) is 6.08. The lowest BCUT2D eigenvalue weighted by Crippen LogP contribution is -2.11. The van der Waals surface area contributed by atoms with Crippen LogP contribution in [-0.4, -0.2) is 34.4 Å². The van der Waals surface area contributed by atoms with Gasteiger partial charge in [0.15, 0.2) is 0 Å². The van der Waals surface area contributed by atoms with Crippen LogP contribution in [0, 0.1) is 6.92 Å². The molecule has 0 unspecified atom stereocenters. The predicted octanol–water partition coefficient (Wildman–Crippen LogP) is 2.96. The second-order valence-electron chi connectivity index (χ2n) is 4.50. The van der Waals surface area contributed by atoms with E-state index in [-0.39, 0.29) is 0 Å². The fourth-order valence-electron chi connectivity index (χ4n) is 1.86. The molecule has 0 saturated heterocycles. The van der Waals surface area contributed by atoms with Crippen molar-refractivity contribution in [2.45, 2.75) is 13.7 Å². The normalized spacial score (nSPS) is 11.6. The van der Waals surface area contributed by atoms with Crippen LogP contribution < -0.4 is 0 Å². The van der Waals surface area contributed by atoms with Crippen molar-refractivity contribution in [1.82, 2.24) is 9.55 Å². The molecule has 0 aromatic carbocycles. The van der Waals surface area contributed by atoms with Crippen molar-refractivity contribution < 1.29 is 4.74 Å². The smallest absolute Gasteiger partial charge is 0.143 e. The molecule has 0 aliphatic heterocycles. The van der Waals surface area contributed by atoms with Crippen LogP contribution in [-0.2, 0) is 22.4 Å². The van der Waals surface area contributed by atoms with Gasteiger partial charge in [0.25, 0.3) is 0 Å². The first kappa shape index (κ1) is 13.9. The van der Waals surface area contributed by atoms with E-state index < -0.39 is 0 Å². The fourth-order valence-corrected chi connectivity index (χ4v) is 2.92. The van der Waals surface area contributed by atoms with Crippen LogP contribution in [0.1, 0.15) is 5.56 Å². The standard InChI is InChI=1S/C13H18BrN2OS/c1-10-8-16(9-17-6-7-18(2)3)13-12(10)11(14)4-5-15-13/h4-5,8H,6-7,9H2,1-3H3/q+1. The Labute approximate surface area is 119 Å². The monoisotopic (exact) mass is 329 g/mol. The molecule has 2 aromatic heterocycles. The van der Waals surface area contributed by atoms with E-state index >= 15 is 0 Å². The Hall–Kier alpha value is -0.520. The molecular weight excluding hydrogens is 312 g/mol. The highest BCUT2D eigenvalue weighted by molar-refractivity contribution is 9.10. The molecule has 5 heteroatoms. The number of halogens is 1. The average Bonchev–Trinajstić information content (AvgIpc) is 2.63. The number of aryl methyl sites for hydroxylation is 1. The molecule has 2 heterocycles. The van der Waals surface area contributed by atoms with E-state index in [1.54, 1.807) is 0 Å². The van der Waals surface area contributed by atoms with Crippen LogP contribution in [0.25, 0.3) is 11.0 Å². The first-order valence-corrected chi connectivity index (χ1v) is 8.82. The van der Waals surface area contributed by atoms with Crippen LogP contribution in [0.4, 0.5) is 0 Å². The maximum Gasteiger partial charge on any atom is 0.143 e. The second-order valence-corrected chi connectivity index (χ2v) is 7.73. The quantitative estimate of drug-likeness (QED) is 0.623. The molecule has 0 spiro atoms. The van der Waals surface area contributed by atoms with E-state index in [1.165, 1.54) is 10.9 Å². The number of fused-ring (bicyclic) bond motifs is 1. The first-order valence-electron chi connectivity index (χ1n) is 5.81. The molecule has 18 heavy (non-hydrogen) atoms. The van der Waals surface area contributed by atoms with Gasteiger partial charge in [-0.3, -0.25) is 0 Å². The topological polar surface area (TPSA) is 27.1 Å². The fraction of sp³-hybridized carbons (Fsp3) is 0.462. The van der Waals surface area contributed by atoms with Crippen LogP contribution in [0.5, 0.6) is 0 Å². The Kier molecular flexibility index (Phi) is 4.70. The molecule has 0 saturated carbocycles. The molecule has 2 aromatic rings. The van der Waals surface area contributed by atoms with Gasteiger partial charge in [0.05, 0.1) is 19.1 Å². The SMILES string of the molecule is Cc1cn(COCC[S+](C)C)c2nccc(Br)c12. The number of nitrogens with zero attached hydrogens (tertiary/aromatic N) is 2. The maximum absolute atomic E-state index is 5.71. The predicted molar refractivity (Wildman–Crippen MR) is 82.2 cm³/mol. The van der Waals surface area contributed by atoms with E-state index in [4.69, 9.17) is 4.74 Å². The highest BCUT2D eigenvalue weighted by Gasteiger charge is 2.09. The van der Waals surface area contributed by atoms with Gasteiger partial charge >= 0.3 is 0 Å². The average molecular weight is 330 g/mol.